The topological polar surface area (TPSA) is 84.3 Å². The summed E-state index contributed by atoms with van der Waals surface area (Å²) < 4.78 is 39.3. The Morgan fingerprint density at radius 2 is 1.72 bits per heavy atom. The van der Waals surface area contributed by atoms with Gasteiger partial charge >= 0.3 is 6.61 Å². The highest BCUT2D eigenvalue weighted by molar-refractivity contribution is 14.0. The van der Waals surface area contributed by atoms with Crippen LogP contribution in [0.4, 0.5) is 8.78 Å². The summed E-state index contributed by atoms with van der Waals surface area (Å²) in [6, 6.07) is 11.6. The Hall–Kier alpha value is -2.34. The van der Waals surface area contributed by atoms with Crippen molar-refractivity contribution < 1.29 is 28.1 Å². The molecule has 1 unspecified atom stereocenters. The molecule has 0 aliphatic carbocycles. The van der Waals surface area contributed by atoms with Gasteiger partial charge in [0.25, 0.3) is 0 Å². The molecule has 0 saturated carbocycles. The molecule has 0 spiro atoms. The van der Waals surface area contributed by atoms with E-state index in [1.54, 1.807) is 14.2 Å². The minimum absolute atomic E-state index is 0. The quantitative estimate of drug-likeness (QED) is 0.219. The van der Waals surface area contributed by atoms with E-state index in [1.807, 2.05) is 25.1 Å². The lowest BCUT2D eigenvalue weighted by Crippen LogP contribution is -2.38. The lowest BCUT2D eigenvalue weighted by Gasteiger charge is -2.14. The summed E-state index contributed by atoms with van der Waals surface area (Å²) in [6.07, 6.45) is -0.138. The number of ether oxygens (including phenoxy) is 3. The highest BCUT2D eigenvalue weighted by Gasteiger charge is 2.10. The van der Waals surface area contributed by atoms with Crippen LogP contribution in [0.2, 0.25) is 0 Å². The van der Waals surface area contributed by atoms with Crippen LogP contribution in [-0.4, -0.2) is 51.5 Å². The third-order valence-electron chi connectivity index (χ3n) is 4.41. The molecule has 0 aromatic heterocycles. The Morgan fingerprint density at radius 3 is 2.31 bits per heavy atom. The zero-order valence-electron chi connectivity index (χ0n) is 18.3. The minimum Gasteiger partial charge on any atom is -0.493 e. The van der Waals surface area contributed by atoms with E-state index in [1.165, 1.54) is 24.3 Å². The standard InChI is InChI=1S/C22H29F2N3O4.HI/c1-4-25-22(26-12-11-15-5-10-19(29-2)20(13-15)30-3)27-14-18(28)16-6-8-17(9-7-16)31-21(23)24;/h5-10,13,18,21,28H,4,11-12,14H2,1-3H3,(H2,25,26,27);1H. The van der Waals surface area contributed by atoms with Crippen molar-refractivity contribution in [2.24, 2.45) is 4.99 Å². The van der Waals surface area contributed by atoms with Crippen LogP contribution in [0.3, 0.4) is 0 Å². The molecule has 0 saturated heterocycles. The second kappa shape index (κ2) is 14.7. The number of rotatable bonds is 11. The van der Waals surface area contributed by atoms with Gasteiger partial charge in [-0.05, 0) is 48.7 Å². The van der Waals surface area contributed by atoms with Crippen LogP contribution in [0.1, 0.15) is 24.2 Å². The molecule has 0 aliphatic rings. The number of hydrogen-bond acceptors (Lipinski definition) is 5. The van der Waals surface area contributed by atoms with Crippen molar-refractivity contribution in [1.82, 2.24) is 10.6 Å². The van der Waals surface area contributed by atoms with Crippen molar-refractivity contribution in [1.29, 1.82) is 0 Å². The van der Waals surface area contributed by atoms with E-state index in [2.05, 4.69) is 20.4 Å². The molecule has 0 fully saturated rings. The average molecular weight is 565 g/mol. The summed E-state index contributed by atoms with van der Waals surface area (Å²) in [6.45, 7) is 0.465. The van der Waals surface area contributed by atoms with Crippen LogP contribution in [0.5, 0.6) is 17.2 Å². The number of alkyl halides is 2. The van der Waals surface area contributed by atoms with Gasteiger partial charge in [-0.2, -0.15) is 8.78 Å². The first-order valence-corrected chi connectivity index (χ1v) is 9.92. The van der Waals surface area contributed by atoms with E-state index in [0.717, 1.165) is 12.0 Å². The number of hydrogen-bond donors (Lipinski definition) is 3. The lowest BCUT2D eigenvalue weighted by molar-refractivity contribution is -0.0498. The number of methoxy groups -OCH3 is 2. The van der Waals surface area contributed by atoms with Crippen molar-refractivity contribution in [2.75, 3.05) is 33.9 Å². The van der Waals surface area contributed by atoms with Gasteiger partial charge in [-0.3, -0.25) is 4.99 Å². The van der Waals surface area contributed by atoms with E-state index < -0.39 is 12.7 Å². The third kappa shape index (κ3) is 9.03. The SMILES string of the molecule is CCNC(=NCC(O)c1ccc(OC(F)F)cc1)NCCc1ccc(OC)c(OC)c1.I. The van der Waals surface area contributed by atoms with Crippen LogP contribution in [0.15, 0.2) is 47.5 Å². The fourth-order valence-corrected chi connectivity index (χ4v) is 2.86. The summed E-state index contributed by atoms with van der Waals surface area (Å²) in [5, 5.41) is 16.7. The summed E-state index contributed by atoms with van der Waals surface area (Å²) in [7, 11) is 3.19. The van der Waals surface area contributed by atoms with E-state index in [0.29, 0.717) is 36.1 Å². The molecule has 0 aliphatic heterocycles. The van der Waals surface area contributed by atoms with E-state index in [4.69, 9.17) is 9.47 Å². The molecule has 0 amide bonds. The molecule has 2 aromatic carbocycles. The average Bonchev–Trinajstić information content (AvgIpc) is 2.77. The summed E-state index contributed by atoms with van der Waals surface area (Å²) >= 11 is 0. The number of benzene rings is 2. The maximum absolute atomic E-state index is 12.2. The molecule has 2 rings (SSSR count). The van der Waals surface area contributed by atoms with Gasteiger partial charge < -0.3 is 30.0 Å². The van der Waals surface area contributed by atoms with Crippen LogP contribution < -0.4 is 24.8 Å². The van der Waals surface area contributed by atoms with Gasteiger partial charge in [0.05, 0.1) is 26.9 Å². The Labute approximate surface area is 204 Å². The molecular formula is C22H30F2IN3O4. The van der Waals surface area contributed by atoms with Crippen molar-refractivity contribution >= 4 is 29.9 Å². The van der Waals surface area contributed by atoms with E-state index in [9.17, 15) is 13.9 Å². The number of guanidine groups is 1. The predicted octanol–water partition coefficient (Wildman–Crippen LogP) is 3.75. The third-order valence-corrected chi connectivity index (χ3v) is 4.41. The number of nitrogens with one attached hydrogen (secondary N) is 2. The predicted molar refractivity (Wildman–Crippen MR) is 131 cm³/mol. The van der Waals surface area contributed by atoms with Gasteiger partial charge in [-0.15, -0.1) is 24.0 Å². The Bertz CT molecular complexity index is 838. The smallest absolute Gasteiger partial charge is 0.387 e. The first-order chi connectivity index (χ1) is 15.0. The van der Waals surface area contributed by atoms with Crippen molar-refractivity contribution in [3.63, 3.8) is 0 Å². The molecule has 10 heteroatoms. The zero-order chi connectivity index (χ0) is 22.6. The Balaban J connectivity index is 0.00000512. The van der Waals surface area contributed by atoms with Crippen LogP contribution >= 0.6 is 24.0 Å². The van der Waals surface area contributed by atoms with Gasteiger partial charge in [0.1, 0.15) is 5.75 Å². The first kappa shape index (κ1) is 27.7. The van der Waals surface area contributed by atoms with Gasteiger partial charge in [-0.1, -0.05) is 18.2 Å². The van der Waals surface area contributed by atoms with Crippen molar-refractivity contribution in [3.8, 4) is 17.2 Å². The second-order valence-electron chi connectivity index (χ2n) is 6.55. The first-order valence-electron chi connectivity index (χ1n) is 9.92. The molecule has 1 atom stereocenters. The van der Waals surface area contributed by atoms with Crippen LogP contribution in [-0.2, 0) is 6.42 Å². The Morgan fingerprint density at radius 1 is 1.03 bits per heavy atom. The largest absolute Gasteiger partial charge is 0.493 e. The summed E-state index contributed by atoms with van der Waals surface area (Å²) in [5.74, 6) is 1.96. The number of nitrogens with zero attached hydrogens (tertiary/aromatic N) is 1. The molecular weight excluding hydrogens is 535 g/mol. The van der Waals surface area contributed by atoms with Gasteiger partial charge in [-0.25, -0.2) is 0 Å². The summed E-state index contributed by atoms with van der Waals surface area (Å²) in [4.78, 5) is 4.40. The molecule has 7 nitrogen and oxygen atoms in total. The van der Waals surface area contributed by atoms with Crippen LogP contribution in [0.25, 0.3) is 0 Å². The summed E-state index contributed by atoms with van der Waals surface area (Å²) in [5.41, 5.74) is 1.64. The number of halogens is 3. The maximum atomic E-state index is 12.2. The molecule has 0 bridgehead atoms. The van der Waals surface area contributed by atoms with Gasteiger partial charge in [0.2, 0.25) is 0 Å². The number of aliphatic hydroxyl groups is 1. The monoisotopic (exact) mass is 565 g/mol. The molecule has 0 heterocycles. The molecule has 178 valence electrons. The minimum atomic E-state index is -2.88. The zero-order valence-corrected chi connectivity index (χ0v) is 20.6. The van der Waals surface area contributed by atoms with E-state index >= 15 is 0 Å². The molecule has 2 aromatic rings. The molecule has 3 N–H and O–H groups in total. The second-order valence-corrected chi connectivity index (χ2v) is 6.55. The van der Waals surface area contributed by atoms with E-state index in [-0.39, 0.29) is 36.3 Å². The maximum Gasteiger partial charge on any atom is 0.387 e. The van der Waals surface area contributed by atoms with Crippen molar-refractivity contribution in [2.45, 2.75) is 26.1 Å². The molecule has 32 heavy (non-hydrogen) atoms. The normalized spacial score (nSPS) is 12.0. The highest BCUT2D eigenvalue weighted by atomic mass is 127. The number of aliphatic imine (C=N–C) groups is 1. The van der Waals surface area contributed by atoms with Crippen LogP contribution in [0, 0.1) is 0 Å². The highest BCUT2D eigenvalue weighted by Crippen LogP contribution is 2.27. The molecule has 0 radical (unpaired) electrons. The number of aliphatic hydroxyl groups excluding tert-OH is 1. The Kier molecular flexibility index (Phi) is 12.7. The van der Waals surface area contributed by atoms with Crippen molar-refractivity contribution in [3.05, 3.63) is 53.6 Å². The fraction of sp³-hybridized carbons (Fsp3) is 0.409. The van der Waals surface area contributed by atoms with Gasteiger partial charge in [0, 0.05) is 13.1 Å². The van der Waals surface area contributed by atoms with Gasteiger partial charge in [0.15, 0.2) is 17.5 Å². The fourth-order valence-electron chi connectivity index (χ4n) is 2.86. The lowest BCUT2D eigenvalue weighted by atomic mass is 10.1.